The van der Waals surface area contributed by atoms with Crippen molar-refractivity contribution >= 4 is 11.9 Å². The molecule has 0 aliphatic heterocycles. The summed E-state index contributed by atoms with van der Waals surface area (Å²) in [6.07, 6.45) is 1.05. The maximum Gasteiger partial charge on any atom is 0.323 e. The number of carboxylic acid groups (broad SMARTS) is 1. The second-order valence-corrected chi connectivity index (χ2v) is 6.43. The molecule has 3 N–H and O–H groups in total. The minimum atomic E-state index is -1.06. The summed E-state index contributed by atoms with van der Waals surface area (Å²) in [5.41, 5.74) is 4.78. The maximum absolute atomic E-state index is 12.8. The van der Waals surface area contributed by atoms with Gasteiger partial charge >= 0.3 is 5.97 Å². The molecule has 6 heteroatoms. The molecule has 0 aromatic carbocycles. The van der Waals surface area contributed by atoms with E-state index in [9.17, 15) is 9.59 Å². The van der Waals surface area contributed by atoms with Crippen molar-refractivity contribution in [2.45, 2.75) is 65.1 Å². The van der Waals surface area contributed by atoms with Crippen molar-refractivity contribution in [3.05, 3.63) is 0 Å². The topological polar surface area (TPSA) is 92.9 Å². The zero-order valence-corrected chi connectivity index (χ0v) is 13.7. The molecule has 0 bridgehead atoms. The minimum Gasteiger partial charge on any atom is -0.480 e. The highest BCUT2D eigenvalue weighted by Crippen LogP contribution is 2.50. The van der Waals surface area contributed by atoms with Gasteiger partial charge in [0.1, 0.15) is 12.1 Å². The Balaban J connectivity index is 2.96. The number of ether oxygens (including phenoxy) is 1. The van der Waals surface area contributed by atoms with Gasteiger partial charge in [-0.2, -0.15) is 0 Å². The van der Waals surface area contributed by atoms with Crippen molar-refractivity contribution in [1.82, 2.24) is 4.90 Å². The third-order valence-corrected chi connectivity index (χ3v) is 4.90. The fraction of sp³-hybridized carbons (Fsp3) is 0.867. The van der Waals surface area contributed by atoms with Gasteiger partial charge in [-0.25, -0.2) is 0 Å². The summed E-state index contributed by atoms with van der Waals surface area (Å²) in [5, 5.41) is 9.04. The van der Waals surface area contributed by atoms with E-state index in [2.05, 4.69) is 0 Å². The molecule has 1 amide bonds. The van der Waals surface area contributed by atoms with E-state index in [1.165, 1.54) is 4.90 Å². The lowest BCUT2D eigenvalue weighted by atomic mass is 9.54. The highest BCUT2D eigenvalue weighted by atomic mass is 16.5. The standard InChI is InChI=1S/C15H28N2O4/c1-6-10(3)17(9-12(18)19)13(20)15(16)8-11(21-7-2)14(15,4)5/h10-11H,6-9,16H2,1-5H3,(H,18,19). The first-order valence-electron chi connectivity index (χ1n) is 7.55. The largest absolute Gasteiger partial charge is 0.480 e. The van der Waals surface area contributed by atoms with Gasteiger partial charge in [0.25, 0.3) is 0 Å². The van der Waals surface area contributed by atoms with E-state index in [4.69, 9.17) is 15.6 Å². The normalized spacial score (nSPS) is 28.6. The first-order valence-corrected chi connectivity index (χ1v) is 7.55. The number of nitrogens with zero attached hydrogens (tertiary/aromatic N) is 1. The lowest BCUT2D eigenvalue weighted by molar-refractivity contribution is -0.182. The molecule has 21 heavy (non-hydrogen) atoms. The van der Waals surface area contributed by atoms with E-state index in [-0.39, 0.29) is 24.6 Å². The van der Waals surface area contributed by atoms with Crippen LogP contribution < -0.4 is 5.73 Å². The molecular formula is C15H28N2O4. The van der Waals surface area contributed by atoms with Crippen molar-refractivity contribution in [1.29, 1.82) is 0 Å². The number of rotatable bonds is 7. The van der Waals surface area contributed by atoms with Crippen molar-refractivity contribution in [3.8, 4) is 0 Å². The Morgan fingerprint density at radius 2 is 2.00 bits per heavy atom. The minimum absolute atomic E-state index is 0.0694. The summed E-state index contributed by atoms with van der Waals surface area (Å²) in [6, 6.07) is -0.157. The quantitative estimate of drug-likeness (QED) is 0.737. The SMILES string of the molecule is CCOC1CC(N)(C(=O)N(CC(=O)O)C(C)CC)C1(C)C. The summed E-state index contributed by atoms with van der Waals surface area (Å²) in [6.45, 7) is 9.74. The smallest absolute Gasteiger partial charge is 0.323 e. The van der Waals surface area contributed by atoms with Gasteiger partial charge in [0, 0.05) is 24.5 Å². The number of hydrogen-bond acceptors (Lipinski definition) is 4. The molecule has 1 aliphatic rings. The molecule has 122 valence electrons. The molecule has 6 nitrogen and oxygen atoms in total. The highest BCUT2D eigenvalue weighted by molar-refractivity contribution is 5.91. The van der Waals surface area contributed by atoms with Gasteiger partial charge in [-0.05, 0) is 20.3 Å². The molecule has 1 rings (SSSR count). The molecule has 1 fully saturated rings. The van der Waals surface area contributed by atoms with Crippen LogP contribution in [0.2, 0.25) is 0 Å². The number of carbonyl (C=O) groups is 2. The van der Waals surface area contributed by atoms with Crippen LogP contribution in [0.5, 0.6) is 0 Å². The van der Waals surface area contributed by atoms with Crippen LogP contribution in [0.15, 0.2) is 0 Å². The van der Waals surface area contributed by atoms with Crippen LogP contribution in [-0.4, -0.2) is 52.7 Å². The van der Waals surface area contributed by atoms with E-state index in [1.807, 2.05) is 34.6 Å². The summed E-state index contributed by atoms with van der Waals surface area (Å²) in [7, 11) is 0. The van der Waals surface area contributed by atoms with Crippen molar-refractivity contribution in [2.24, 2.45) is 11.1 Å². The Hall–Kier alpha value is -1.14. The molecule has 0 radical (unpaired) electrons. The fourth-order valence-electron chi connectivity index (χ4n) is 2.85. The molecular weight excluding hydrogens is 272 g/mol. The average Bonchev–Trinajstić information content (AvgIpc) is 2.42. The monoisotopic (exact) mass is 300 g/mol. The van der Waals surface area contributed by atoms with Gasteiger partial charge in [-0.15, -0.1) is 0 Å². The Morgan fingerprint density at radius 3 is 2.38 bits per heavy atom. The van der Waals surface area contributed by atoms with Gasteiger partial charge < -0.3 is 20.5 Å². The Morgan fingerprint density at radius 1 is 1.43 bits per heavy atom. The molecule has 1 saturated carbocycles. The maximum atomic E-state index is 12.8. The summed E-state index contributed by atoms with van der Waals surface area (Å²) in [4.78, 5) is 25.2. The zero-order chi connectivity index (χ0) is 16.4. The van der Waals surface area contributed by atoms with Crippen molar-refractivity contribution in [3.63, 3.8) is 0 Å². The zero-order valence-electron chi connectivity index (χ0n) is 13.7. The molecule has 0 aromatic heterocycles. The molecule has 1 aliphatic carbocycles. The Kier molecular flexibility index (Phi) is 5.39. The third kappa shape index (κ3) is 3.06. The van der Waals surface area contributed by atoms with Crippen LogP contribution >= 0.6 is 0 Å². The van der Waals surface area contributed by atoms with Gasteiger partial charge in [0.05, 0.1) is 6.10 Å². The second-order valence-electron chi connectivity index (χ2n) is 6.43. The number of aliphatic carboxylic acids is 1. The van der Waals surface area contributed by atoms with Crippen molar-refractivity contribution in [2.75, 3.05) is 13.2 Å². The molecule has 0 heterocycles. The summed E-state index contributed by atoms with van der Waals surface area (Å²) >= 11 is 0. The van der Waals surface area contributed by atoms with Gasteiger partial charge in [0.2, 0.25) is 5.91 Å². The molecule has 0 saturated heterocycles. The van der Waals surface area contributed by atoms with Gasteiger partial charge in [-0.1, -0.05) is 20.8 Å². The fourth-order valence-corrected chi connectivity index (χ4v) is 2.85. The molecule has 3 atom stereocenters. The summed E-state index contributed by atoms with van der Waals surface area (Å²) in [5.74, 6) is -1.31. The van der Waals surface area contributed by atoms with Gasteiger partial charge in [-0.3, -0.25) is 9.59 Å². The number of hydrogen-bond donors (Lipinski definition) is 2. The van der Waals surface area contributed by atoms with Crippen LogP contribution in [0.3, 0.4) is 0 Å². The lowest BCUT2D eigenvalue weighted by Gasteiger charge is -2.59. The van der Waals surface area contributed by atoms with Crippen LogP contribution in [0, 0.1) is 5.41 Å². The molecule has 0 aromatic rings. The van der Waals surface area contributed by atoms with E-state index in [0.717, 1.165) is 0 Å². The Labute approximate surface area is 126 Å². The number of nitrogens with two attached hydrogens (primary N) is 1. The van der Waals surface area contributed by atoms with E-state index in [0.29, 0.717) is 19.4 Å². The van der Waals surface area contributed by atoms with Gasteiger partial charge in [0.15, 0.2) is 0 Å². The average molecular weight is 300 g/mol. The number of carboxylic acids is 1. The van der Waals surface area contributed by atoms with Crippen molar-refractivity contribution < 1.29 is 19.4 Å². The molecule has 0 spiro atoms. The van der Waals surface area contributed by atoms with E-state index in [1.54, 1.807) is 0 Å². The predicted octanol–water partition coefficient (Wildman–Crippen LogP) is 1.23. The number of carbonyl (C=O) groups excluding carboxylic acids is 1. The second kappa shape index (κ2) is 6.32. The highest BCUT2D eigenvalue weighted by Gasteiger charge is 2.64. The van der Waals surface area contributed by atoms with Crippen LogP contribution in [0.4, 0.5) is 0 Å². The van der Waals surface area contributed by atoms with Crippen LogP contribution in [-0.2, 0) is 14.3 Å². The third-order valence-electron chi connectivity index (χ3n) is 4.90. The van der Waals surface area contributed by atoms with E-state index >= 15 is 0 Å². The van der Waals surface area contributed by atoms with Crippen LogP contribution in [0.1, 0.15) is 47.5 Å². The first-order chi connectivity index (χ1) is 9.61. The summed E-state index contributed by atoms with van der Waals surface area (Å²) < 4.78 is 5.62. The number of amides is 1. The lowest BCUT2D eigenvalue weighted by Crippen LogP contribution is -2.76. The van der Waals surface area contributed by atoms with Crippen LogP contribution in [0.25, 0.3) is 0 Å². The Bertz CT molecular complexity index is 410. The first kappa shape index (κ1) is 17.9. The predicted molar refractivity (Wildman–Crippen MR) is 79.8 cm³/mol. The molecule has 3 unspecified atom stereocenters. The van der Waals surface area contributed by atoms with E-state index < -0.39 is 16.9 Å².